The molecule has 0 unspecified atom stereocenters. The minimum absolute atomic E-state index is 0.0740. The van der Waals surface area contributed by atoms with Crippen LogP contribution in [0, 0.1) is 6.92 Å². The molecule has 0 heterocycles. The van der Waals surface area contributed by atoms with E-state index < -0.39 is 62.2 Å². The average molecular weight is 672 g/mol. The van der Waals surface area contributed by atoms with Gasteiger partial charge in [0, 0.05) is 16.2 Å². The minimum Gasteiger partial charge on any atom is -0.505 e. The maximum atomic E-state index is 12.3. The zero-order chi connectivity index (χ0) is 32.9. The van der Waals surface area contributed by atoms with E-state index in [9.17, 15) is 44.0 Å². The van der Waals surface area contributed by atoms with Crippen molar-refractivity contribution in [2.75, 3.05) is 5.73 Å². The van der Waals surface area contributed by atoms with Crippen LogP contribution >= 0.6 is 0 Å². The highest BCUT2D eigenvalue weighted by Gasteiger charge is 2.25. The van der Waals surface area contributed by atoms with Gasteiger partial charge >= 0.3 is 0 Å². The van der Waals surface area contributed by atoms with E-state index in [2.05, 4.69) is 20.5 Å². The molecule has 0 spiro atoms. The molecule has 0 aliphatic rings. The van der Waals surface area contributed by atoms with E-state index in [4.69, 9.17) is 5.73 Å². The molecule has 0 radical (unpaired) electrons. The van der Waals surface area contributed by atoms with E-state index in [-0.39, 0.29) is 27.5 Å². The number of hydrogen-bond acceptors (Lipinski definition) is 12. The molecule has 232 valence electrons. The standard InChI is InChI=1S/C27H21N5O10S3/c1-14-2-4-16(5-3-14)29-30-22-8-9-23(20-12-17(43(34,35)36)6-7-18(20)22)31-32-26-25(45(40,41)42)11-15-10-24(44(37,38)39)21(28)13-19(15)27(26)33/h2-13,33H,28H2,1H3,(H,34,35,36)(H,37,38,39)(H,40,41,42)/b30-29-,32-31-. The first-order chi connectivity index (χ1) is 20.9. The number of azo groups is 2. The topological polar surface area (TPSA) is 259 Å². The number of benzene rings is 5. The fraction of sp³-hybridized carbons (Fsp3) is 0.0370. The molecule has 5 rings (SSSR count). The summed E-state index contributed by atoms with van der Waals surface area (Å²) in [5, 5.41) is 27.1. The van der Waals surface area contributed by atoms with E-state index in [0.29, 0.717) is 11.1 Å². The third-order valence-electron chi connectivity index (χ3n) is 6.54. The van der Waals surface area contributed by atoms with E-state index in [1.165, 1.54) is 18.2 Å². The van der Waals surface area contributed by atoms with Crippen LogP contribution in [0.5, 0.6) is 5.75 Å². The van der Waals surface area contributed by atoms with Gasteiger partial charge in [-0.2, -0.15) is 30.4 Å². The van der Waals surface area contributed by atoms with E-state index >= 15 is 0 Å². The molecule has 0 saturated heterocycles. The summed E-state index contributed by atoms with van der Waals surface area (Å²) in [6.07, 6.45) is 0. The summed E-state index contributed by atoms with van der Waals surface area (Å²) in [4.78, 5) is -2.25. The lowest BCUT2D eigenvalue weighted by molar-refractivity contribution is 0.472. The second kappa shape index (κ2) is 11.3. The lowest BCUT2D eigenvalue weighted by Crippen LogP contribution is -2.04. The smallest absolute Gasteiger partial charge is 0.296 e. The molecule has 18 heteroatoms. The summed E-state index contributed by atoms with van der Waals surface area (Å²) in [6.45, 7) is 1.90. The van der Waals surface area contributed by atoms with Crippen molar-refractivity contribution in [3.05, 3.63) is 78.4 Å². The highest BCUT2D eigenvalue weighted by atomic mass is 32.2. The molecule has 0 aliphatic heterocycles. The average Bonchev–Trinajstić information content (AvgIpc) is 2.94. The monoisotopic (exact) mass is 671 g/mol. The molecule has 0 bridgehead atoms. The van der Waals surface area contributed by atoms with Gasteiger partial charge in [0.25, 0.3) is 30.4 Å². The van der Waals surface area contributed by atoms with Crippen LogP contribution < -0.4 is 5.73 Å². The van der Waals surface area contributed by atoms with Gasteiger partial charge in [-0.05, 0) is 66.9 Å². The number of nitrogens with two attached hydrogens (primary N) is 1. The van der Waals surface area contributed by atoms with Crippen LogP contribution in [0.3, 0.4) is 0 Å². The van der Waals surface area contributed by atoms with Crippen molar-refractivity contribution >= 4 is 80.3 Å². The number of phenolic OH excluding ortho intramolecular Hbond substituents is 1. The lowest BCUT2D eigenvalue weighted by Gasteiger charge is -2.11. The van der Waals surface area contributed by atoms with Crippen molar-refractivity contribution in [1.29, 1.82) is 0 Å². The molecule has 0 aliphatic carbocycles. The van der Waals surface area contributed by atoms with Crippen molar-refractivity contribution < 1.29 is 44.0 Å². The number of fused-ring (bicyclic) bond motifs is 2. The summed E-state index contributed by atoms with van der Waals surface area (Å²) < 4.78 is 101. The Labute approximate surface area is 255 Å². The van der Waals surface area contributed by atoms with Gasteiger partial charge in [0.1, 0.15) is 15.5 Å². The number of phenols is 1. The molecule has 0 atom stereocenters. The second-order valence-corrected chi connectivity index (χ2v) is 13.9. The molecular formula is C27H21N5O10S3. The SMILES string of the molecule is Cc1ccc(/N=N\c2ccc(/N=N\c3c(S(=O)(=O)O)cc4cc(S(=O)(=O)O)c(N)cc4c3O)c3cc(S(=O)(=O)O)ccc23)cc1. The Balaban J connectivity index is 1.71. The van der Waals surface area contributed by atoms with Crippen LogP contribution in [0.2, 0.25) is 0 Å². The van der Waals surface area contributed by atoms with Gasteiger partial charge in [0.2, 0.25) is 0 Å². The summed E-state index contributed by atoms with van der Waals surface area (Å²) in [5.74, 6) is -0.871. The Morgan fingerprint density at radius 2 is 1.18 bits per heavy atom. The van der Waals surface area contributed by atoms with Crippen molar-refractivity contribution in [2.24, 2.45) is 20.5 Å². The van der Waals surface area contributed by atoms with Crippen LogP contribution in [0.1, 0.15) is 5.56 Å². The van der Waals surface area contributed by atoms with Crippen LogP contribution in [-0.4, -0.2) is 44.0 Å². The third kappa shape index (κ3) is 6.50. The summed E-state index contributed by atoms with van der Waals surface area (Å²) in [5.41, 5.74) is 6.19. The zero-order valence-corrected chi connectivity index (χ0v) is 25.2. The maximum Gasteiger partial charge on any atom is 0.296 e. The highest BCUT2D eigenvalue weighted by molar-refractivity contribution is 7.86. The van der Waals surface area contributed by atoms with Crippen molar-refractivity contribution in [3.8, 4) is 5.75 Å². The normalized spacial score (nSPS) is 13.0. The molecule has 6 N–H and O–H groups in total. The molecule has 45 heavy (non-hydrogen) atoms. The van der Waals surface area contributed by atoms with Gasteiger partial charge in [0.15, 0.2) is 5.75 Å². The predicted octanol–water partition coefficient (Wildman–Crippen LogP) is 6.16. The van der Waals surface area contributed by atoms with Gasteiger partial charge < -0.3 is 10.8 Å². The highest BCUT2D eigenvalue weighted by Crippen LogP contribution is 2.44. The zero-order valence-electron chi connectivity index (χ0n) is 22.8. The number of anilines is 1. The summed E-state index contributed by atoms with van der Waals surface area (Å²) in [6, 6.07) is 16.0. The molecule has 5 aromatic carbocycles. The first-order valence-electron chi connectivity index (χ1n) is 12.4. The fourth-order valence-corrected chi connectivity index (χ4v) is 6.16. The van der Waals surface area contributed by atoms with Crippen molar-refractivity contribution in [3.63, 3.8) is 0 Å². The molecule has 15 nitrogen and oxygen atoms in total. The largest absolute Gasteiger partial charge is 0.505 e. The van der Waals surface area contributed by atoms with Gasteiger partial charge in [-0.3, -0.25) is 13.7 Å². The maximum absolute atomic E-state index is 12.3. The number of hydrogen-bond donors (Lipinski definition) is 5. The van der Waals surface area contributed by atoms with Gasteiger partial charge in [-0.15, -0.1) is 15.3 Å². The van der Waals surface area contributed by atoms with E-state index in [1.807, 2.05) is 19.1 Å². The summed E-state index contributed by atoms with van der Waals surface area (Å²) >= 11 is 0. The molecule has 5 aromatic rings. The van der Waals surface area contributed by atoms with Gasteiger partial charge in [-0.25, -0.2) is 0 Å². The quantitative estimate of drug-likeness (QED) is 0.0743. The summed E-state index contributed by atoms with van der Waals surface area (Å²) in [7, 11) is -14.6. The Hall–Kier alpha value is -4.85. The molecular weight excluding hydrogens is 651 g/mol. The Kier molecular flexibility index (Phi) is 7.90. The fourth-order valence-electron chi connectivity index (χ4n) is 4.37. The Morgan fingerprint density at radius 1 is 0.600 bits per heavy atom. The number of nitrogens with zero attached hydrogens (tertiary/aromatic N) is 4. The lowest BCUT2D eigenvalue weighted by atomic mass is 10.1. The van der Waals surface area contributed by atoms with Crippen LogP contribution in [0.15, 0.2) is 108 Å². The molecule has 0 saturated carbocycles. The van der Waals surface area contributed by atoms with Crippen LogP contribution in [0.4, 0.5) is 28.4 Å². The van der Waals surface area contributed by atoms with Crippen LogP contribution in [0.25, 0.3) is 21.5 Å². The van der Waals surface area contributed by atoms with E-state index in [0.717, 1.165) is 35.9 Å². The number of nitrogen functional groups attached to an aromatic ring is 1. The number of aromatic hydroxyl groups is 1. The number of aryl methyl sites for hydroxylation is 1. The van der Waals surface area contributed by atoms with Crippen molar-refractivity contribution in [1.82, 2.24) is 0 Å². The van der Waals surface area contributed by atoms with Crippen LogP contribution in [-0.2, 0) is 30.4 Å². The first-order valence-corrected chi connectivity index (χ1v) is 16.7. The minimum atomic E-state index is -5.12. The van der Waals surface area contributed by atoms with Gasteiger partial charge in [0.05, 0.1) is 27.6 Å². The van der Waals surface area contributed by atoms with Crippen molar-refractivity contribution in [2.45, 2.75) is 21.6 Å². The van der Waals surface area contributed by atoms with Gasteiger partial charge in [-0.1, -0.05) is 23.8 Å². The first kappa shape index (κ1) is 31.6. The third-order valence-corrected chi connectivity index (χ3v) is 9.17. The second-order valence-electron chi connectivity index (χ2n) is 9.66. The van der Waals surface area contributed by atoms with E-state index in [1.54, 1.807) is 12.1 Å². The Morgan fingerprint density at radius 3 is 1.78 bits per heavy atom. The molecule has 0 amide bonds. The number of rotatable bonds is 7. The molecule has 0 fully saturated rings. The Bertz CT molecular complexity index is 2430. The predicted molar refractivity (Wildman–Crippen MR) is 163 cm³/mol. The molecule has 0 aromatic heterocycles.